The Morgan fingerprint density at radius 1 is 1.21 bits per heavy atom. The summed E-state index contributed by atoms with van der Waals surface area (Å²) >= 11 is 6.55. The maximum atomic E-state index is 11.8. The highest BCUT2D eigenvalue weighted by Gasteiger charge is 2.06. The zero-order valence-corrected chi connectivity index (χ0v) is 16.3. The Hall–Kier alpha value is -1.86. The van der Waals surface area contributed by atoms with Crippen LogP contribution >= 0.6 is 31.9 Å². The molecule has 0 bridgehead atoms. The SMILES string of the molecule is Cc1cc(C)cc(OCC(=O)N/N=C\c2cc(Br)cc(Br)c2O)c1. The molecule has 5 nitrogen and oxygen atoms in total. The molecule has 1 amide bonds. The van der Waals surface area contributed by atoms with Crippen LogP contribution in [0.4, 0.5) is 0 Å². The monoisotopic (exact) mass is 454 g/mol. The van der Waals surface area contributed by atoms with Gasteiger partial charge >= 0.3 is 0 Å². The van der Waals surface area contributed by atoms with Crippen molar-refractivity contribution in [2.45, 2.75) is 13.8 Å². The van der Waals surface area contributed by atoms with Crippen molar-refractivity contribution in [2.75, 3.05) is 6.61 Å². The normalized spacial score (nSPS) is 10.8. The van der Waals surface area contributed by atoms with Crippen molar-refractivity contribution in [3.05, 3.63) is 56.0 Å². The number of hydrazone groups is 1. The van der Waals surface area contributed by atoms with Crippen LogP contribution in [0.25, 0.3) is 0 Å². The molecular formula is C17H16Br2N2O3. The Labute approximate surface area is 157 Å². The van der Waals surface area contributed by atoms with Crippen LogP contribution in [0.1, 0.15) is 16.7 Å². The Morgan fingerprint density at radius 2 is 1.88 bits per heavy atom. The number of halogens is 2. The average molecular weight is 456 g/mol. The van der Waals surface area contributed by atoms with Gasteiger partial charge in [0.25, 0.3) is 5.91 Å². The minimum Gasteiger partial charge on any atom is -0.506 e. The standard InChI is InChI=1S/C17H16Br2N2O3/c1-10-3-11(2)5-14(4-10)24-9-16(22)21-20-8-12-6-13(18)7-15(19)17(12)23/h3-8,23H,9H2,1-2H3,(H,21,22)/b20-8-. The van der Waals surface area contributed by atoms with Crippen LogP contribution in [-0.4, -0.2) is 23.8 Å². The lowest BCUT2D eigenvalue weighted by molar-refractivity contribution is -0.123. The lowest BCUT2D eigenvalue weighted by atomic mass is 10.1. The van der Waals surface area contributed by atoms with Crippen molar-refractivity contribution in [3.8, 4) is 11.5 Å². The summed E-state index contributed by atoms with van der Waals surface area (Å²) in [6.07, 6.45) is 1.36. The second kappa shape index (κ2) is 8.30. The van der Waals surface area contributed by atoms with Crippen LogP contribution in [0.2, 0.25) is 0 Å². The second-order valence-electron chi connectivity index (χ2n) is 5.23. The summed E-state index contributed by atoms with van der Waals surface area (Å²) in [5.41, 5.74) is 4.96. The minimum absolute atomic E-state index is 0.0442. The number of benzene rings is 2. The van der Waals surface area contributed by atoms with Gasteiger partial charge in [-0.3, -0.25) is 4.79 Å². The van der Waals surface area contributed by atoms with E-state index in [9.17, 15) is 9.90 Å². The topological polar surface area (TPSA) is 70.9 Å². The number of phenols is 1. The van der Waals surface area contributed by atoms with Gasteiger partial charge < -0.3 is 9.84 Å². The first kappa shape index (κ1) is 18.5. The molecule has 2 aromatic rings. The van der Waals surface area contributed by atoms with Gasteiger partial charge in [-0.1, -0.05) is 22.0 Å². The third-order valence-corrected chi connectivity index (χ3v) is 4.08. The Balaban J connectivity index is 1.91. The quantitative estimate of drug-likeness (QED) is 0.527. The number of carbonyl (C=O) groups is 1. The van der Waals surface area contributed by atoms with E-state index in [1.165, 1.54) is 6.21 Å². The van der Waals surface area contributed by atoms with E-state index in [4.69, 9.17) is 4.74 Å². The van der Waals surface area contributed by atoms with Gasteiger partial charge in [0, 0.05) is 10.0 Å². The average Bonchev–Trinajstić information content (AvgIpc) is 2.49. The smallest absolute Gasteiger partial charge is 0.277 e. The molecule has 0 atom stereocenters. The summed E-state index contributed by atoms with van der Waals surface area (Å²) in [4.78, 5) is 11.8. The molecule has 24 heavy (non-hydrogen) atoms. The summed E-state index contributed by atoms with van der Waals surface area (Å²) in [6, 6.07) is 9.14. The first-order valence-electron chi connectivity index (χ1n) is 7.06. The summed E-state index contributed by atoms with van der Waals surface area (Å²) < 4.78 is 6.75. The van der Waals surface area contributed by atoms with Gasteiger partial charge in [0.15, 0.2) is 6.61 Å². The van der Waals surface area contributed by atoms with E-state index in [0.29, 0.717) is 15.8 Å². The summed E-state index contributed by atoms with van der Waals surface area (Å²) in [5.74, 6) is 0.293. The molecule has 2 aromatic carbocycles. The molecule has 7 heteroatoms. The van der Waals surface area contributed by atoms with Crippen molar-refractivity contribution in [1.82, 2.24) is 5.43 Å². The summed E-state index contributed by atoms with van der Waals surface area (Å²) in [5, 5.41) is 13.7. The molecule has 0 saturated heterocycles. The first-order chi connectivity index (χ1) is 11.3. The number of hydrogen-bond donors (Lipinski definition) is 2. The van der Waals surface area contributed by atoms with E-state index in [1.807, 2.05) is 32.0 Å². The molecule has 2 N–H and O–H groups in total. The molecule has 0 saturated carbocycles. The number of amides is 1. The lowest BCUT2D eigenvalue weighted by Gasteiger charge is -2.07. The number of nitrogens with one attached hydrogen (secondary N) is 1. The first-order valence-corrected chi connectivity index (χ1v) is 8.65. The predicted octanol–water partition coefficient (Wildman–Crippen LogP) is 4.06. The van der Waals surface area contributed by atoms with Gasteiger partial charge in [-0.2, -0.15) is 5.10 Å². The summed E-state index contributed by atoms with van der Waals surface area (Å²) in [7, 11) is 0. The minimum atomic E-state index is -0.390. The summed E-state index contributed by atoms with van der Waals surface area (Å²) in [6.45, 7) is 3.79. The third-order valence-electron chi connectivity index (χ3n) is 3.02. The van der Waals surface area contributed by atoms with Crippen LogP contribution in [0.15, 0.2) is 44.4 Å². The number of aryl methyl sites for hydroxylation is 2. The Kier molecular flexibility index (Phi) is 6.39. The fraction of sp³-hybridized carbons (Fsp3) is 0.176. The van der Waals surface area contributed by atoms with Crippen LogP contribution in [-0.2, 0) is 4.79 Å². The Morgan fingerprint density at radius 3 is 2.54 bits per heavy atom. The van der Waals surface area contributed by atoms with Crippen LogP contribution in [0, 0.1) is 13.8 Å². The van der Waals surface area contributed by atoms with E-state index < -0.39 is 0 Å². The fourth-order valence-corrected chi connectivity index (χ4v) is 3.31. The van der Waals surface area contributed by atoms with Crippen molar-refractivity contribution in [2.24, 2.45) is 5.10 Å². The number of aromatic hydroxyl groups is 1. The van der Waals surface area contributed by atoms with Crippen LogP contribution < -0.4 is 10.2 Å². The number of rotatable bonds is 5. The van der Waals surface area contributed by atoms with E-state index >= 15 is 0 Å². The largest absolute Gasteiger partial charge is 0.506 e. The van der Waals surface area contributed by atoms with E-state index in [2.05, 4.69) is 42.4 Å². The number of ether oxygens (including phenoxy) is 1. The maximum absolute atomic E-state index is 11.8. The van der Waals surface area contributed by atoms with Crippen LogP contribution in [0.3, 0.4) is 0 Å². The molecule has 0 spiro atoms. The molecule has 0 heterocycles. The van der Waals surface area contributed by atoms with Crippen LogP contribution in [0.5, 0.6) is 11.5 Å². The van der Waals surface area contributed by atoms with Gasteiger partial charge in [-0.05, 0) is 65.2 Å². The molecule has 126 valence electrons. The van der Waals surface area contributed by atoms with E-state index in [-0.39, 0.29) is 18.3 Å². The fourth-order valence-electron chi connectivity index (χ4n) is 2.06. The number of hydrogen-bond acceptors (Lipinski definition) is 4. The van der Waals surface area contributed by atoms with Gasteiger partial charge in [0.1, 0.15) is 11.5 Å². The maximum Gasteiger partial charge on any atom is 0.277 e. The van der Waals surface area contributed by atoms with E-state index in [0.717, 1.165) is 15.6 Å². The van der Waals surface area contributed by atoms with Gasteiger partial charge in [0.05, 0.1) is 10.7 Å². The highest BCUT2D eigenvalue weighted by molar-refractivity contribution is 9.11. The van der Waals surface area contributed by atoms with Crippen molar-refractivity contribution >= 4 is 44.0 Å². The van der Waals surface area contributed by atoms with Gasteiger partial charge in [0.2, 0.25) is 0 Å². The molecular weight excluding hydrogens is 440 g/mol. The van der Waals surface area contributed by atoms with Gasteiger partial charge in [-0.25, -0.2) is 5.43 Å². The van der Waals surface area contributed by atoms with Crippen molar-refractivity contribution in [3.63, 3.8) is 0 Å². The highest BCUT2D eigenvalue weighted by Crippen LogP contribution is 2.30. The molecule has 0 unspecified atom stereocenters. The zero-order valence-electron chi connectivity index (χ0n) is 13.1. The van der Waals surface area contributed by atoms with Crippen molar-refractivity contribution < 1.29 is 14.6 Å². The Bertz CT molecular complexity index is 771. The van der Waals surface area contributed by atoms with E-state index in [1.54, 1.807) is 12.1 Å². The molecule has 0 aliphatic heterocycles. The molecule has 0 aliphatic rings. The van der Waals surface area contributed by atoms with Gasteiger partial charge in [-0.15, -0.1) is 0 Å². The number of nitrogens with zero attached hydrogens (tertiary/aromatic N) is 1. The molecule has 0 radical (unpaired) electrons. The predicted molar refractivity (Wildman–Crippen MR) is 101 cm³/mol. The molecule has 0 fully saturated rings. The number of phenolic OH excluding ortho intramolecular Hbond substituents is 1. The molecule has 0 aromatic heterocycles. The lowest BCUT2D eigenvalue weighted by Crippen LogP contribution is -2.24. The second-order valence-corrected chi connectivity index (χ2v) is 7.00. The highest BCUT2D eigenvalue weighted by atomic mass is 79.9. The molecule has 0 aliphatic carbocycles. The number of carbonyl (C=O) groups excluding carboxylic acids is 1. The zero-order chi connectivity index (χ0) is 17.7. The molecule has 2 rings (SSSR count). The van der Waals surface area contributed by atoms with Crippen molar-refractivity contribution in [1.29, 1.82) is 0 Å². The third kappa shape index (κ3) is 5.35.